The topological polar surface area (TPSA) is 40.5 Å². The Labute approximate surface area is 103 Å². The average molecular weight is 235 g/mol. The number of unbranched alkanes of at least 4 members (excludes halogenated alkanes) is 2. The van der Waals surface area contributed by atoms with Crippen LogP contribution in [0.15, 0.2) is 24.3 Å². The maximum Gasteiger partial charge on any atom is 0.336 e. The molecule has 0 amide bonds. The Kier molecular flexibility index (Phi) is 5.70. The third-order valence-corrected chi connectivity index (χ3v) is 2.83. The van der Waals surface area contributed by atoms with E-state index in [2.05, 4.69) is 11.8 Å². The van der Waals surface area contributed by atoms with E-state index in [4.69, 9.17) is 5.11 Å². The fourth-order valence-corrected chi connectivity index (χ4v) is 1.87. The fourth-order valence-electron chi connectivity index (χ4n) is 1.87. The first-order valence-corrected chi connectivity index (χ1v) is 6.15. The molecule has 0 atom stereocenters. The molecule has 0 aliphatic rings. The van der Waals surface area contributed by atoms with E-state index >= 15 is 0 Å². The lowest BCUT2D eigenvalue weighted by Crippen LogP contribution is -2.20. The van der Waals surface area contributed by atoms with Crippen molar-refractivity contribution in [2.24, 2.45) is 0 Å². The van der Waals surface area contributed by atoms with E-state index in [1.807, 2.05) is 19.2 Å². The van der Waals surface area contributed by atoms with E-state index in [1.54, 1.807) is 12.1 Å². The van der Waals surface area contributed by atoms with Crippen LogP contribution >= 0.6 is 0 Å². The van der Waals surface area contributed by atoms with E-state index in [-0.39, 0.29) is 0 Å². The number of hydrogen-bond donors (Lipinski definition) is 1. The number of carboxylic acids is 1. The summed E-state index contributed by atoms with van der Waals surface area (Å²) in [5.74, 6) is -0.845. The molecular weight excluding hydrogens is 214 g/mol. The summed E-state index contributed by atoms with van der Waals surface area (Å²) in [6, 6.07) is 7.21. The summed E-state index contributed by atoms with van der Waals surface area (Å²) in [5.41, 5.74) is 1.30. The van der Waals surface area contributed by atoms with Crippen LogP contribution in [0.2, 0.25) is 0 Å². The van der Waals surface area contributed by atoms with Gasteiger partial charge in [0.05, 0.1) is 5.56 Å². The normalized spacial score (nSPS) is 10.8. The van der Waals surface area contributed by atoms with Crippen LogP contribution in [0.25, 0.3) is 0 Å². The minimum atomic E-state index is -0.845. The maximum absolute atomic E-state index is 11.0. The number of carbonyl (C=O) groups is 1. The van der Waals surface area contributed by atoms with E-state index < -0.39 is 5.97 Å². The molecule has 1 N–H and O–H groups in total. The van der Waals surface area contributed by atoms with Gasteiger partial charge in [-0.05, 0) is 31.6 Å². The van der Waals surface area contributed by atoms with Crippen molar-refractivity contribution in [2.45, 2.75) is 32.7 Å². The second-order valence-electron chi connectivity index (χ2n) is 4.41. The van der Waals surface area contributed by atoms with E-state index in [1.165, 1.54) is 19.3 Å². The van der Waals surface area contributed by atoms with Gasteiger partial charge in [0.15, 0.2) is 0 Å². The van der Waals surface area contributed by atoms with Crippen LogP contribution in [0, 0.1) is 0 Å². The molecule has 0 aromatic heterocycles. The maximum atomic E-state index is 11.0. The van der Waals surface area contributed by atoms with Crippen LogP contribution in [0.1, 0.15) is 42.1 Å². The van der Waals surface area contributed by atoms with Gasteiger partial charge in [-0.3, -0.25) is 0 Å². The molecule has 0 spiro atoms. The first-order valence-electron chi connectivity index (χ1n) is 6.15. The molecule has 3 heteroatoms. The molecule has 1 aromatic rings. The van der Waals surface area contributed by atoms with Crippen molar-refractivity contribution >= 4 is 5.97 Å². The summed E-state index contributed by atoms with van der Waals surface area (Å²) in [7, 11) is 2.04. The highest BCUT2D eigenvalue weighted by atomic mass is 16.4. The Bertz CT molecular complexity index is 363. The Morgan fingerprint density at radius 2 is 2.00 bits per heavy atom. The van der Waals surface area contributed by atoms with Crippen molar-refractivity contribution in [3.05, 3.63) is 35.4 Å². The molecule has 1 rings (SSSR count). The zero-order valence-electron chi connectivity index (χ0n) is 10.6. The summed E-state index contributed by atoms with van der Waals surface area (Å²) in [4.78, 5) is 13.2. The quantitative estimate of drug-likeness (QED) is 0.738. The van der Waals surface area contributed by atoms with Crippen molar-refractivity contribution in [1.82, 2.24) is 4.90 Å². The van der Waals surface area contributed by atoms with Crippen LogP contribution in [-0.4, -0.2) is 29.6 Å². The molecule has 0 saturated carbocycles. The summed E-state index contributed by atoms with van der Waals surface area (Å²) < 4.78 is 0. The summed E-state index contributed by atoms with van der Waals surface area (Å²) in [6.45, 7) is 3.90. The molecule has 0 radical (unpaired) electrons. The largest absolute Gasteiger partial charge is 0.478 e. The van der Waals surface area contributed by atoms with Gasteiger partial charge >= 0.3 is 5.97 Å². The fraction of sp³-hybridized carbons (Fsp3) is 0.500. The number of hydrogen-bond acceptors (Lipinski definition) is 2. The molecule has 0 unspecified atom stereocenters. The van der Waals surface area contributed by atoms with E-state index in [0.29, 0.717) is 12.1 Å². The average Bonchev–Trinajstić information content (AvgIpc) is 2.29. The lowest BCUT2D eigenvalue weighted by Gasteiger charge is -2.17. The monoisotopic (exact) mass is 235 g/mol. The van der Waals surface area contributed by atoms with Gasteiger partial charge in [-0.2, -0.15) is 0 Å². The third-order valence-electron chi connectivity index (χ3n) is 2.83. The highest BCUT2D eigenvalue weighted by Crippen LogP contribution is 2.11. The van der Waals surface area contributed by atoms with Gasteiger partial charge in [0.1, 0.15) is 0 Å². The molecule has 1 aromatic carbocycles. The predicted molar refractivity (Wildman–Crippen MR) is 69.3 cm³/mol. The molecule has 0 bridgehead atoms. The van der Waals surface area contributed by atoms with Crippen LogP contribution < -0.4 is 0 Å². The SMILES string of the molecule is CCCCCN(C)Cc1ccccc1C(=O)O. The van der Waals surface area contributed by atoms with Gasteiger partial charge in [0.2, 0.25) is 0 Å². The van der Waals surface area contributed by atoms with Crippen LogP contribution in [0.4, 0.5) is 0 Å². The first-order chi connectivity index (χ1) is 8.15. The number of aromatic carboxylic acids is 1. The molecule has 0 saturated heterocycles. The van der Waals surface area contributed by atoms with E-state index in [0.717, 1.165) is 12.1 Å². The molecule has 17 heavy (non-hydrogen) atoms. The number of nitrogens with zero attached hydrogens (tertiary/aromatic N) is 1. The summed E-state index contributed by atoms with van der Waals surface area (Å²) in [5, 5.41) is 9.07. The highest BCUT2D eigenvalue weighted by Gasteiger charge is 2.10. The molecule has 94 valence electrons. The van der Waals surface area contributed by atoms with Crippen LogP contribution in [0.5, 0.6) is 0 Å². The van der Waals surface area contributed by atoms with Crippen molar-refractivity contribution in [3.8, 4) is 0 Å². The van der Waals surface area contributed by atoms with Gasteiger partial charge in [-0.1, -0.05) is 38.0 Å². The Hall–Kier alpha value is -1.35. The van der Waals surface area contributed by atoms with Crippen molar-refractivity contribution in [2.75, 3.05) is 13.6 Å². The molecule has 0 aliphatic carbocycles. The minimum Gasteiger partial charge on any atom is -0.478 e. The summed E-state index contributed by atoms with van der Waals surface area (Å²) >= 11 is 0. The minimum absolute atomic E-state index is 0.412. The molecule has 0 fully saturated rings. The van der Waals surface area contributed by atoms with Gasteiger partial charge in [-0.15, -0.1) is 0 Å². The number of rotatable bonds is 7. The lowest BCUT2D eigenvalue weighted by atomic mass is 10.1. The Morgan fingerprint density at radius 3 is 2.65 bits per heavy atom. The highest BCUT2D eigenvalue weighted by molar-refractivity contribution is 5.89. The lowest BCUT2D eigenvalue weighted by molar-refractivity contribution is 0.0694. The molecular formula is C14H21NO2. The molecule has 3 nitrogen and oxygen atoms in total. The van der Waals surface area contributed by atoms with Crippen LogP contribution in [0.3, 0.4) is 0 Å². The Balaban J connectivity index is 2.58. The van der Waals surface area contributed by atoms with Crippen LogP contribution in [-0.2, 0) is 6.54 Å². The van der Waals surface area contributed by atoms with Gasteiger partial charge < -0.3 is 10.0 Å². The molecule has 0 aliphatic heterocycles. The van der Waals surface area contributed by atoms with Crippen molar-refractivity contribution in [1.29, 1.82) is 0 Å². The number of carboxylic acid groups (broad SMARTS) is 1. The summed E-state index contributed by atoms with van der Waals surface area (Å²) in [6.07, 6.45) is 3.60. The number of benzene rings is 1. The third kappa shape index (κ3) is 4.57. The van der Waals surface area contributed by atoms with Crippen molar-refractivity contribution in [3.63, 3.8) is 0 Å². The smallest absolute Gasteiger partial charge is 0.336 e. The predicted octanol–water partition coefficient (Wildman–Crippen LogP) is 3.01. The second kappa shape index (κ2) is 7.07. The molecule has 0 heterocycles. The van der Waals surface area contributed by atoms with E-state index in [9.17, 15) is 4.79 Å². The second-order valence-corrected chi connectivity index (χ2v) is 4.41. The van der Waals surface area contributed by atoms with Gasteiger partial charge in [0, 0.05) is 6.54 Å². The zero-order chi connectivity index (χ0) is 12.7. The standard InChI is InChI=1S/C14H21NO2/c1-3-4-7-10-15(2)11-12-8-5-6-9-13(12)14(16)17/h5-6,8-9H,3-4,7,10-11H2,1-2H3,(H,16,17). The van der Waals surface area contributed by atoms with Crippen molar-refractivity contribution < 1.29 is 9.90 Å². The first kappa shape index (κ1) is 13.7. The van der Waals surface area contributed by atoms with Gasteiger partial charge in [0.25, 0.3) is 0 Å². The Morgan fingerprint density at radius 1 is 1.29 bits per heavy atom. The van der Waals surface area contributed by atoms with Gasteiger partial charge in [-0.25, -0.2) is 4.79 Å². The zero-order valence-corrected chi connectivity index (χ0v) is 10.6.